The topological polar surface area (TPSA) is 58.5 Å². The molecule has 0 radical (unpaired) electrons. The predicted octanol–water partition coefficient (Wildman–Crippen LogP) is 3.77. The van der Waals surface area contributed by atoms with E-state index in [1.807, 2.05) is 0 Å². The smallest absolute Gasteiger partial charge is 0.191 e. The lowest BCUT2D eigenvalue weighted by Crippen LogP contribution is -2.40. The number of aryl methyl sites for hydroxylation is 1. The number of hydrogen-bond acceptors (Lipinski definition) is 4. The number of thiazole rings is 1. The average Bonchev–Trinajstić information content (AvgIpc) is 2.91. The van der Waals surface area contributed by atoms with Crippen molar-refractivity contribution in [2.75, 3.05) is 26.7 Å². The fourth-order valence-electron chi connectivity index (χ4n) is 2.96. The summed E-state index contributed by atoms with van der Waals surface area (Å²) in [6, 6.07) is 0. The molecule has 0 saturated heterocycles. The summed E-state index contributed by atoms with van der Waals surface area (Å²) in [5, 5.41) is 10.0. The van der Waals surface area contributed by atoms with Gasteiger partial charge in [-0.1, -0.05) is 32.6 Å². The van der Waals surface area contributed by atoms with Crippen LogP contribution in [-0.4, -0.2) is 43.8 Å². The van der Waals surface area contributed by atoms with Crippen molar-refractivity contribution in [3.8, 4) is 0 Å². The largest absolute Gasteiger partial charge is 0.376 e. The van der Waals surface area contributed by atoms with Crippen LogP contribution in [0, 0.1) is 0 Å². The molecule has 0 unspecified atom stereocenters. The van der Waals surface area contributed by atoms with Crippen molar-refractivity contribution in [1.29, 1.82) is 0 Å². The Kier molecular flexibility index (Phi) is 12.4. The Hall–Kier alpha value is -0.410. The number of nitrogens with one attached hydrogen (secondary N) is 2. The molecule has 1 aliphatic carbocycles. The van der Waals surface area contributed by atoms with Crippen molar-refractivity contribution in [1.82, 2.24) is 15.6 Å². The van der Waals surface area contributed by atoms with Gasteiger partial charge in [0, 0.05) is 31.9 Å². The lowest BCUT2D eigenvalue weighted by molar-refractivity contribution is 0.0468. The SMILES string of the molecule is CCc1nc(CCNC(=NC)NCCOC2CCCCCC2)cs1.I. The standard InChI is InChI=1S/C18H32N4OS.HI/c1-3-17-22-15(14-24-17)10-11-20-18(19-2)21-12-13-23-16-8-6-4-5-7-9-16;/h14,16H,3-13H2,1-2H3,(H2,19,20,21);1H. The van der Waals surface area contributed by atoms with Crippen LogP contribution < -0.4 is 10.6 Å². The van der Waals surface area contributed by atoms with E-state index in [-0.39, 0.29) is 24.0 Å². The second kappa shape index (κ2) is 13.7. The van der Waals surface area contributed by atoms with Crippen LogP contribution in [0.3, 0.4) is 0 Å². The van der Waals surface area contributed by atoms with E-state index >= 15 is 0 Å². The van der Waals surface area contributed by atoms with Crippen LogP contribution >= 0.6 is 35.3 Å². The molecule has 0 atom stereocenters. The van der Waals surface area contributed by atoms with Gasteiger partial charge in [-0.2, -0.15) is 0 Å². The molecule has 0 bridgehead atoms. The van der Waals surface area contributed by atoms with Crippen LogP contribution in [0.4, 0.5) is 0 Å². The molecule has 1 saturated carbocycles. The summed E-state index contributed by atoms with van der Waals surface area (Å²) in [4.78, 5) is 8.85. The Morgan fingerprint density at radius 3 is 2.60 bits per heavy atom. The molecule has 1 aromatic rings. The van der Waals surface area contributed by atoms with Crippen molar-refractivity contribution in [2.45, 2.75) is 64.4 Å². The van der Waals surface area contributed by atoms with Gasteiger partial charge in [-0.15, -0.1) is 35.3 Å². The summed E-state index contributed by atoms with van der Waals surface area (Å²) < 4.78 is 5.99. The zero-order valence-corrected chi connectivity index (χ0v) is 18.7. The minimum atomic E-state index is 0. The molecule has 1 fully saturated rings. The van der Waals surface area contributed by atoms with Gasteiger partial charge in [0.2, 0.25) is 0 Å². The monoisotopic (exact) mass is 480 g/mol. The van der Waals surface area contributed by atoms with Gasteiger partial charge in [-0.25, -0.2) is 4.98 Å². The maximum atomic E-state index is 5.99. The summed E-state index contributed by atoms with van der Waals surface area (Å²) in [5.41, 5.74) is 1.16. The highest BCUT2D eigenvalue weighted by atomic mass is 127. The molecule has 1 aromatic heterocycles. The van der Waals surface area contributed by atoms with Crippen LogP contribution in [0.1, 0.15) is 56.2 Å². The first-order valence-corrected chi connectivity index (χ1v) is 10.2. The second-order valence-electron chi connectivity index (χ2n) is 6.25. The van der Waals surface area contributed by atoms with Gasteiger partial charge < -0.3 is 15.4 Å². The molecule has 2 rings (SSSR count). The molecule has 0 aliphatic heterocycles. The minimum Gasteiger partial charge on any atom is -0.376 e. The number of rotatable bonds is 8. The van der Waals surface area contributed by atoms with Crippen molar-refractivity contribution in [3.63, 3.8) is 0 Å². The third-order valence-corrected chi connectivity index (χ3v) is 5.39. The van der Waals surface area contributed by atoms with Crippen LogP contribution in [0.5, 0.6) is 0 Å². The quantitative estimate of drug-likeness (QED) is 0.196. The van der Waals surface area contributed by atoms with Gasteiger partial charge in [0.1, 0.15) is 0 Å². The Bertz CT molecular complexity index is 487. The van der Waals surface area contributed by atoms with E-state index in [0.717, 1.165) is 44.2 Å². The minimum absolute atomic E-state index is 0. The zero-order chi connectivity index (χ0) is 17.0. The zero-order valence-electron chi connectivity index (χ0n) is 15.6. The summed E-state index contributed by atoms with van der Waals surface area (Å²) in [7, 11) is 1.81. The molecule has 144 valence electrons. The molecule has 7 heteroatoms. The van der Waals surface area contributed by atoms with Crippen LogP contribution in [0.25, 0.3) is 0 Å². The molecular weight excluding hydrogens is 447 g/mol. The van der Waals surface area contributed by atoms with Gasteiger partial charge in [0.15, 0.2) is 5.96 Å². The summed E-state index contributed by atoms with van der Waals surface area (Å²) in [6.07, 6.45) is 10.2. The third-order valence-electron chi connectivity index (χ3n) is 4.35. The average molecular weight is 480 g/mol. The van der Waals surface area contributed by atoms with Gasteiger partial charge in [-0.05, 0) is 19.3 Å². The molecule has 1 heterocycles. The molecule has 25 heavy (non-hydrogen) atoms. The number of aromatic nitrogens is 1. The normalized spacial score (nSPS) is 16.2. The molecule has 5 nitrogen and oxygen atoms in total. The van der Waals surface area contributed by atoms with Crippen molar-refractivity contribution in [3.05, 3.63) is 16.1 Å². The van der Waals surface area contributed by atoms with Gasteiger partial charge in [0.05, 0.1) is 23.4 Å². The number of ether oxygens (including phenoxy) is 1. The van der Waals surface area contributed by atoms with E-state index in [9.17, 15) is 0 Å². The molecule has 0 aromatic carbocycles. The van der Waals surface area contributed by atoms with Crippen LogP contribution in [0.15, 0.2) is 10.4 Å². The molecule has 2 N–H and O–H groups in total. The van der Waals surface area contributed by atoms with E-state index in [4.69, 9.17) is 4.74 Å². The maximum Gasteiger partial charge on any atom is 0.191 e. The van der Waals surface area contributed by atoms with Crippen molar-refractivity contribution >= 4 is 41.3 Å². The fourth-order valence-corrected chi connectivity index (χ4v) is 3.74. The number of hydrogen-bond donors (Lipinski definition) is 2. The van der Waals surface area contributed by atoms with Crippen molar-refractivity contribution < 1.29 is 4.74 Å². The lowest BCUT2D eigenvalue weighted by Gasteiger charge is -2.16. The molecule has 0 spiro atoms. The maximum absolute atomic E-state index is 5.99. The highest BCUT2D eigenvalue weighted by Crippen LogP contribution is 2.19. The Labute approximate surface area is 173 Å². The number of aliphatic imine (C=N–C) groups is 1. The summed E-state index contributed by atoms with van der Waals surface area (Å²) in [5.74, 6) is 0.838. The fraction of sp³-hybridized carbons (Fsp3) is 0.778. The Morgan fingerprint density at radius 2 is 1.96 bits per heavy atom. The molecule has 0 amide bonds. The highest BCUT2D eigenvalue weighted by molar-refractivity contribution is 14.0. The number of nitrogens with zero attached hydrogens (tertiary/aromatic N) is 2. The highest BCUT2D eigenvalue weighted by Gasteiger charge is 2.12. The lowest BCUT2D eigenvalue weighted by atomic mass is 10.1. The van der Waals surface area contributed by atoms with Crippen LogP contribution in [0.2, 0.25) is 0 Å². The Balaban J connectivity index is 0.00000312. The van der Waals surface area contributed by atoms with E-state index in [1.165, 1.54) is 43.5 Å². The van der Waals surface area contributed by atoms with E-state index in [1.54, 1.807) is 18.4 Å². The van der Waals surface area contributed by atoms with Gasteiger partial charge in [0.25, 0.3) is 0 Å². The molecule has 1 aliphatic rings. The third kappa shape index (κ3) is 9.19. The molecular formula is C18H33IN4OS. The van der Waals surface area contributed by atoms with E-state index < -0.39 is 0 Å². The number of halogens is 1. The second-order valence-corrected chi connectivity index (χ2v) is 7.19. The van der Waals surface area contributed by atoms with Crippen LogP contribution in [-0.2, 0) is 17.6 Å². The first-order chi connectivity index (χ1) is 11.8. The van der Waals surface area contributed by atoms with Crippen molar-refractivity contribution in [2.24, 2.45) is 4.99 Å². The first-order valence-electron chi connectivity index (χ1n) is 9.31. The summed E-state index contributed by atoms with van der Waals surface area (Å²) in [6.45, 7) is 4.53. The van der Waals surface area contributed by atoms with E-state index in [2.05, 4.69) is 32.9 Å². The predicted molar refractivity (Wildman–Crippen MR) is 117 cm³/mol. The van der Waals surface area contributed by atoms with Gasteiger partial charge in [-0.3, -0.25) is 4.99 Å². The first kappa shape index (κ1) is 22.6. The summed E-state index contributed by atoms with van der Waals surface area (Å²) >= 11 is 1.74. The number of guanidine groups is 1. The van der Waals surface area contributed by atoms with E-state index in [0.29, 0.717) is 6.10 Å². The Morgan fingerprint density at radius 1 is 1.24 bits per heavy atom. The van der Waals surface area contributed by atoms with Gasteiger partial charge >= 0.3 is 0 Å².